The highest BCUT2D eigenvalue weighted by Gasteiger charge is 2.24. The van der Waals surface area contributed by atoms with Gasteiger partial charge in [0.05, 0.1) is 16.2 Å². The molecule has 0 atom stereocenters. The third kappa shape index (κ3) is 3.97. The first-order valence-electron chi connectivity index (χ1n) is 5.72. The quantitative estimate of drug-likeness (QED) is 0.917. The van der Waals surface area contributed by atoms with Gasteiger partial charge in [0, 0.05) is 17.6 Å². The molecule has 3 nitrogen and oxygen atoms in total. The van der Waals surface area contributed by atoms with Gasteiger partial charge in [0.25, 0.3) is 5.91 Å². The molecule has 1 aromatic rings. The van der Waals surface area contributed by atoms with Crippen LogP contribution in [0.15, 0.2) is 22.7 Å². The second-order valence-corrected chi connectivity index (χ2v) is 5.97. The molecule has 0 saturated heterocycles. The predicted octanol–water partition coefficient (Wildman–Crippen LogP) is 3.34. The van der Waals surface area contributed by atoms with Gasteiger partial charge in [-0.2, -0.15) is 0 Å². The minimum atomic E-state index is -0.926. The van der Waals surface area contributed by atoms with Crippen molar-refractivity contribution in [1.82, 2.24) is 4.90 Å². The van der Waals surface area contributed by atoms with Crippen molar-refractivity contribution >= 4 is 33.4 Å². The van der Waals surface area contributed by atoms with E-state index in [4.69, 9.17) is 11.6 Å². The summed E-state index contributed by atoms with van der Waals surface area (Å²) in [6.45, 7) is 6.00. The molecule has 18 heavy (non-hydrogen) atoms. The largest absolute Gasteiger partial charge is 0.389 e. The zero-order valence-electron chi connectivity index (χ0n) is 10.7. The van der Waals surface area contributed by atoms with Gasteiger partial charge in [0.15, 0.2) is 0 Å². The van der Waals surface area contributed by atoms with Crippen LogP contribution >= 0.6 is 27.5 Å². The van der Waals surface area contributed by atoms with Crippen LogP contribution in [-0.2, 0) is 0 Å². The zero-order valence-corrected chi connectivity index (χ0v) is 13.0. The van der Waals surface area contributed by atoms with Crippen LogP contribution in [0.2, 0.25) is 5.02 Å². The van der Waals surface area contributed by atoms with Crippen LogP contribution in [0.4, 0.5) is 0 Å². The third-order valence-corrected chi connectivity index (χ3v) is 3.73. The molecule has 100 valence electrons. The molecule has 0 saturated carbocycles. The Morgan fingerprint density at radius 2 is 2.11 bits per heavy atom. The van der Waals surface area contributed by atoms with Crippen molar-refractivity contribution in [2.45, 2.75) is 26.4 Å². The maximum absolute atomic E-state index is 12.3. The molecule has 1 amide bonds. The summed E-state index contributed by atoms with van der Waals surface area (Å²) < 4.78 is 0.689. The summed E-state index contributed by atoms with van der Waals surface area (Å²) in [7, 11) is 0. The highest BCUT2D eigenvalue weighted by Crippen LogP contribution is 2.27. The van der Waals surface area contributed by atoms with Crippen molar-refractivity contribution in [1.29, 1.82) is 0 Å². The summed E-state index contributed by atoms with van der Waals surface area (Å²) in [5.74, 6) is -0.175. The Hall–Kier alpha value is -0.580. The summed E-state index contributed by atoms with van der Waals surface area (Å²) in [5.41, 5.74) is -0.485. The summed E-state index contributed by atoms with van der Waals surface area (Å²) in [6.07, 6.45) is 0. The van der Waals surface area contributed by atoms with E-state index in [1.165, 1.54) is 0 Å². The van der Waals surface area contributed by atoms with Crippen molar-refractivity contribution in [2.75, 3.05) is 13.1 Å². The van der Waals surface area contributed by atoms with E-state index < -0.39 is 5.60 Å². The Balaban J connectivity index is 3.01. The number of amides is 1. The van der Waals surface area contributed by atoms with E-state index in [-0.39, 0.29) is 12.5 Å². The average Bonchev–Trinajstić information content (AvgIpc) is 2.27. The van der Waals surface area contributed by atoms with Crippen molar-refractivity contribution in [2.24, 2.45) is 0 Å². The molecule has 0 bridgehead atoms. The van der Waals surface area contributed by atoms with Gasteiger partial charge in [-0.15, -0.1) is 0 Å². The van der Waals surface area contributed by atoms with Crippen LogP contribution in [-0.4, -0.2) is 34.6 Å². The maximum atomic E-state index is 12.3. The maximum Gasteiger partial charge on any atom is 0.255 e. The Bertz CT molecular complexity index is 443. The van der Waals surface area contributed by atoms with Crippen molar-refractivity contribution < 1.29 is 9.90 Å². The number of rotatable bonds is 4. The molecular formula is C13H17BrClNO2. The lowest BCUT2D eigenvalue weighted by molar-refractivity contribution is 0.0315. The number of likely N-dealkylation sites (N-methyl/N-ethyl adjacent to an activating group) is 1. The van der Waals surface area contributed by atoms with Gasteiger partial charge in [-0.3, -0.25) is 4.79 Å². The molecule has 1 aromatic carbocycles. The number of carbonyl (C=O) groups excluding carboxylic acids is 1. The minimum Gasteiger partial charge on any atom is -0.389 e. The fraction of sp³-hybridized carbons (Fsp3) is 0.462. The topological polar surface area (TPSA) is 40.5 Å². The second-order valence-electron chi connectivity index (χ2n) is 4.73. The Morgan fingerprint density at radius 1 is 1.50 bits per heavy atom. The van der Waals surface area contributed by atoms with Crippen LogP contribution in [0.1, 0.15) is 31.1 Å². The van der Waals surface area contributed by atoms with Gasteiger partial charge < -0.3 is 10.0 Å². The average molecular weight is 335 g/mol. The van der Waals surface area contributed by atoms with Crippen molar-refractivity contribution in [3.63, 3.8) is 0 Å². The van der Waals surface area contributed by atoms with E-state index in [0.717, 1.165) is 0 Å². The fourth-order valence-corrected chi connectivity index (χ4v) is 2.21. The highest BCUT2D eigenvalue weighted by atomic mass is 79.9. The molecule has 0 aliphatic carbocycles. The first-order valence-corrected chi connectivity index (χ1v) is 6.89. The molecule has 0 unspecified atom stereocenters. The van der Waals surface area contributed by atoms with Gasteiger partial charge in [0.1, 0.15) is 0 Å². The van der Waals surface area contributed by atoms with E-state index in [0.29, 0.717) is 21.6 Å². The summed E-state index contributed by atoms with van der Waals surface area (Å²) in [5, 5.41) is 10.2. The number of aliphatic hydroxyl groups is 1. The molecular weight excluding hydrogens is 318 g/mol. The third-order valence-electron chi connectivity index (χ3n) is 2.43. The van der Waals surface area contributed by atoms with Crippen LogP contribution in [0, 0.1) is 0 Å². The molecule has 0 aliphatic heterocycles. The SMILES string of the molecule is CCN(CC(C)(C)O)C(=O)c1cccc(Br)c1Cl. The fourth-order valence-electron chi connectivity index (χ4n) is 1.63. The van der Waals surface area contributed by atoms with Gasteiger partial charge in [-0.05, 0) is 48.8 Å². The van der Waals surface area contributed by atoms with Crippen LogP contribution in [0.5, 0.6) is 0 Å². The number of halogens is 2. The molecule has 5 heteroatoms. The van der Waals surface area contributed by atoms with E-state index in [2.05, 4.69) is 15.9 Å². The van der Waals surface area contributed by atoms with Gasteiger partial charge >= 0.3 is 0 Å². The van der Waals surface area contributed by atoms with Crippen LogP contribution in [0.25, 0.3) is 0 Å². The lowest BCUT2D eigenvalue weighted by atomic mass is 10.1. The molecule has 0 aromatic heterocycles. The Morgan fingerprint density at radius 3 is 2.61 bits per heavy atom. The molecule has 1 rings (SSSR count). The Labute approximate surface area is 121 Å². The monoisotopic (exact) mass is 333 g/mol. The van der Waals surface area contributed by atoms with Gasteiger partial charge in [-0.25, -0.2) is 0 Å². The standard InChI is InChI=1S/C13H17BrClNO2/c1-4-16(8-13(2,3)18)12(17)9-6-5-7-10(14)11(9)15/h5-7,18H,4,8H2,1-3H3. The van der Waals surface area contributed by atoms with E-state index in [1.54, 1.807) is 36.9 Å². The molecule has 0 aliphatic rings. The minimum absolute atomic E-state index is 0.175. The second kappa shape index (κ2) is 6.04. The number of benzene rings is 1. The smallest absolute Gasteiger partial charge is 0.255 e. The van der Waals surface area contributed by atoms with Crippen molar-refractivity contribution in [3.8, 4) is 0 Å². The van der Waals surface area contributed by atoms with E-state index in [9.17, 15) is 9.90 Å². The van der Waals surface area contributed by atoms with E-state index in [1.807, 2.05) is 6.92 Å². The first kappa shape index (κ1) is 15.5. The lowest BCUT2D eigenvalue weighted by Gasteiger charge is -2.28. The molecule has 0 fully saturated rings. The summed E-state index contributed by atoms with van der Waals surface area (Å²) >= 11 is 9.40. The normalized spacial score (nSPS) is 11.4. The van der Waals surface area contributed by atoms with Gasteiger partial charge in [-0.1, -0.05) is 17.7 Å². The Kier molecular flexibility index (Phi) is 5.20. The lowest BCUT2D eigenvalue weighted by Crippen LogP contribution is -2.42. The number of carbonyl (C=O) groups is 1. The van der Waals surface area contributed by atoms with E-state index >= 15 is 0 Å². The molecule has 0 heterocycles. The number of hydrogen-bond donors (Lipinski definition) is 1. The van der Waals surface area contributed by atoms with Crippen LogP contribution in [0.3, 0.4) is 0 Å². The highest BCUT2D eigenvalue weighted by molar-refractivity contribution is 9.10. The van der Waals surface area contributed by atoms with Gasteiger partial charge in [0.2, 0.25) is 0 Å². The molecule has 0 radical (unpaired) electrons. The first-order chi connectivity index (χ1) is 8.26. The number of hydrogen-bond acceptors (Lipinski definition) is 2. The van der Waals surface area contributed by atoms with Crippen molar-refractivity contribution in [3.05, 3.63) is 33.3 Å². The summed E-state index contributed by atoms with van der Waals surface area (Å²) in [6, 6.07) is 5.23. The predicted molar refractivity (Wildman–Crippen MR) is 77.0 cm³/mol. The molecule has 0 spiro atoms. The summed E-state index contributed by atoms with van der Waals surface area (Å²) in [4.78, 5) is 13.9. The number of nitrogens with zero attached hydrogens (tertiary/aromatic N) is 1. The molecule has 1 N–H and O–H groups in total. The zero-order chi connectivity index (χ0) is 13.9. The van der Waals surface area contributed by atoms with Crippen LogP contribution < -0.4 is 0 Å².